The second-order valence-electron chi connectivity index (χ2n) is 6.73. The smallest absolute Gasteiger partial charge is 0.341 e. The predicted molar refractivity (Wildman–Crippen MR) is 111 cm³/mol. The number of aromatic nitrogens is 1. The molecule has 1 aromatic heterocycles. The minimum absolute atomic E-state index is 0.000930. The quantitative estimate of drug-likeness (QED) is 0.630. The van der Waals surface area contributed by atoms with E-state index in [1.54, 1.807) is 43.3 Å². The number of ether oxygens (including phenoxy) is 3. The summed E-state index contributed by atoms with van der Waals surface area (Å²) >= 11 is 0. The Morgan fingerprint density at radius 2 is 1.87 bits per heavy atom. The van der Waals surface area contributed by atoms with Gasteiger partial charge in [-0.15, -0.1) is 0 Å². The minimum atomic E-state index is -2.00. The van der Waals surface area contributed by atoms with Crippen LogP contribution in [0.3, 0.4) is 0 Å². The third kappa shape index (κ3) is 3.90. The van der Waals surface area contributed by atoms with Crippen molar-refractivity contribution < 1.29 is 24.1 Å². The standard InChI is InChI=1S/C24H21NO5/c1-2-28-23(26)21-14-18-8-9-20(29-16-17-6-4-3-5-7-17)15-22(18)30-24(21,27)19-10-12-25-13-11-19/h3-15,27H,2,16H2,1H3. The molecule has 30 heavy (non-hydrogen) atoms. The average Bonchev–Trinajstić information content (AvgIpc) is 2.78. The van der Waals surface area contributed by atoms with Gasteiger partial charge < -0.3 is 19.3 Å². The van der Waals surface area contributed by atoms with Crippen LogP contribution in [-0.2, 0) is 21.9 Å². The number of esters is 1. The van der Waals surface area contributed by atoms with E-state index >= 15 is 0 Å². The highest BCUT2D eigenvalue weighted by Crippen LogP contribution is 2.42. The summed E-state index contributed by atoms with van der Waals surface area (Å²) in [4.78, 5) is 16.5. The fourth-order valence-corrected chi connectivity index (χ4v) is 3.22. The first-order valence-corrected chi connectivity index (χ1v) is 9.62. The summed E-state index contributed by atoms with van der Waals surface area (Å²) in [5.74, 6) is -1.66. The molecule has 4 rings (SSSR count). The van der Waals surface area contributed by atoms with Gasteiger partial charge >= 0.3 is 5.97 Å². The van der Waals surface area contributed by atoms with Gasteiger partial charge in [0.2, 0.25) is 0 Å². The van der Waals surface area contributed by atoms with E-state index in [9.17, 15) is 9.90 Å². The van der Waals surface area contributed by atoms with Gasteiger partial charge in [-0.25, -0.2) is 4.79 Å². The van der Waals surface area contributed by atoms with Gasteiger partial charge in [-0.2, -0.15) is 0 Å². The second-order valence-corrected chi connectivity index (χ2v) is 6.73. The van der Waals surface area contributed by atoms with Gasteiger partial charge in [-0.3, -0.25) is 4.98 Å². The molecule has 1 aliphatic heterocycles. The average molecular weight is 403 g/mol. The van der Waals surface area contributed by atoms with E-state index in [4.69, 9.17) is 14.2 Å². The van der Waals surface area contributed by atoms with Crippen LogP contribution in [-0.4, -0.2) is 22.7 Å². The van der Waals surface area contributed by atoms with Gasteiger partial charge in [0.1, 0.15) is 23.7 Å². The number of rotatable bonds is 6. The highest BCUT2D eigenvalue weighted by atomic mass is 16.6. The molecule has 1 aliphatic rings. The van der Waals surface area contributed by atoms with E-state index in [2.05, 4.69) is 4.98 Å². The Morgan fingerprint density at radius 1 is 1.10 bits per heavy atom. The molecule has 1 unspecified atom stereocenters. The van der Waals surface area contributed by atoms with Crippen molar-refractivity contribution in [3.05, 3.63) is 95.3 Å². The van der Waals surface area contributed by atoms with Crippen LogP contribution in [0, 0.1) is 0 Å². The van der Waals surface area contributed by atoms with Crippen LogP contribution >= 0.6 is 0 Å². The number of pyridine rings is 1. The maximum absolute atomic E-state index is 12.6. The van der Waals surface area contributed by atoms with Gasteiger partial charge in [0, 0.05) is 29.6 Å². The molecule has 2 aromatic carbocycles. The summed E-state index contributed by atoms with van der Waals surface area (Å²) in [7, 11) is 0. The molecular weight excluding hydrogens is 382 g/mol. The van der Waals surface area contributed by atoms with Crippen molar-refractivity contribution >= 4 is 12.0 Å². The normalized spacial score (nSPS) is 17.3. The molecule has 3 aromatic rings. The third-order valence-electron chi connectivity index (χ3n) is 4.72. The molecule has 152 valence electrons. The SMILES string of the molecule is CCOC(=O)C1=Cc2ccc(OCc3ccccc3)cc2OC1(O)c1ccncc1. The molecule has 1 atom stereocenters. The predicted octanol–water partition coefficient (Wildman–Crippen LogP) is 3.84. The summed E-state index contributed by atoms with van der Waals surface area (Å²) in [5, 5.41) is 11.4. The monoisotopic (exact) mass is 403 g/mol. The van der Waals surface area contributed by atoms with Crippen LogP contribution < -0.4 is 9.47 Å². The highest BCUT2D eigenvalue weighted by molar-refractivity contribution is 5.97. The summed E-state index contributed by atoms with van der Waals surface area (Å²) in [5.41, 5.74) is 2.05. The third-order valence-corrected chi connectivity index (χ3v) is 4.72. The van der Waals surface area contributed by atoms with Crippen molar-refractivity contribution in [1.29, 1.82) is 0 Å². The number of hydrogen-bond acceptors (Lipinski definition) is 6. The van der Waals surface area contributed by atoms with Gasteiger partial charge in [0.15, 0.2) is 0 Å². The van der Waals surface area contributed by atoms with Crippen LogP contribution in [0.2, 0.25) is 0 Å². The molecular formula is C24H21NO5. The highest BCUT2D eigenvalue weighted by Gasteiger charge is 2.44. The summed E-state index contributed by atoms with van der Waals surface area (Å²) < 4.78 is 17.0. The largest absolute Gasteiger partial charge is 0.489 e. The van der Waals surface area contributed by atoms with Crippen LogP contribution in [0.25, 0.3) is 6.08 Å². The zero-order chi connectivity index (χ0) is 21.0. The lowest BCUT2D eigenvalue weighted by Crippen LogP contribution is -2.40. The second kappa shape index (κ2) is 8.39. The minimum Gasteiger partial charge on any atom is -0.489 e. The Balaban J connectivity index is 1.67. The molecule has 0 saturated heterocycles. The summed E-state index contributed by atoms with van der Waals surface area (Å²) in [6.07, 6.45) is 4.63. The number of carbonyl (C=O) groups excluding carboxylic acids is 1. The van der Waals surface area contributed by atoms with E-state index < -0.39 is 11.8 Å². The lowest BCUT2D eigenvalue weighted by Gasteiger charge is -2.34. The van der Waals surface area contributed by atoms with Gasteiger partial charge in [-0.1, -0.05) is 30.3 Å². The van der Waals surface area contributed by atoms with E-state index in [0.29, 0.717) is 29.2 Å². The number of carbonyl (C=O) groups is 1. The summed E-state index contributed by atoms with van der Waals surface area (Å²) in [6, 6.07) is 18.3. The van der Waals surface area contributed by atoms with E-state index in [1.165, 1.54) is 12.4 Å². The van der Waals surface area contributed by atoms with Crippen molar-refractivity contribution in [2.24, 2.45) is 0 Å². The lowest BCUT2D eigenvalue weighted by atomic mass is 9.93. The van der Waals surface area contributed by atoms with Crippen molar-refractivity contribution in [3.8, 4) is 11.5 Å². The van der Waals surface area contributed by atoms with Gasteiger partial charge in [-0.05, 0) is 42.8 Å². The molecule has 1 N–H and O–H groups in total. The summed E-state index contributed by atoms with van der Waals surface area (Å²) in [6.45, 7) is 2.29. The van der Waals surface area contributed by atoms with Crippen LogP contribution in [0.1, 0.15) is 23.6 Å². The Bertz CT molecular complexity index is 1070. The maximum Gasteiger partial charge on any atom is 0.341 e. The Morgan fingerprint density at radius 3 is 2.60 bits per heavy atom. The molecule has 2 heterocycles. The molecule has 0 spiro atoms. The first kappa shape index (κ1) is 19.7. The lowest BCUT2D eigenvalue weighted by molar-refractivity contribution is -0.154. The van der Waals surface area contributed by atoms with Crippen molar-refractivity contribution in [3.63, 3.8) is 0 Å². The number of hydrogen-bond donors (Lipinski definition) is 1. The number of aliphatic hydroxyl groups is 1. The van der Waals surface area contributed by atoms with Crippen molar-refractivity contribution in [1.82, 2.24) is 4.98 Å². The van der Waals surface area contributed by atoms with Crippen LogP contribution in [0.15, 0.2) is 78.6 Å². The van der Waals surface area contributed by atoms with E-state index in [0.717, 1.165) is 5.56 Å². The zero-order valence-electron chi connectivity index (χ0n) is 16.4. The fraction of sp³-hybridized carbons (Fsp3) is 0.167. The molecule has 0 radical (unpaired) electrons. The first-order chi connectivity index (χ1) is 14.6. The molecule has 0 aliphatic carbocycles. The molecule has 0 amide bonds. The fourth-order valence-electron chi connectivity index (χ4n) is 3.22. The molecule has 0 saturated carbocycles. The first-order valence-electron chi connectivity index (χ1n) is 9.62. The van der Waals surface area contributed by atoms with Crippen molar-refractivity contribution in [2.45, 2.75) is 19.3 Å². The number of fused-ring (bicyclic) bond motifs is 1. The number of nitrogens with zero attached hydrogens (tertiary/aromatic N) is 1. The van der Waals surface area contributed by atoms with Crippen LogP contribution in [0.4, 0.5) is 0 Å². The zero-order valence-corrected chi connectivity index (χ0v) is 16.4. The van der Waals surface area contributed by atoms with Gasteiger partial charge in [0.25, 0.3) is 5.79 Å². The molecule has 6 heteroatoms. The Hall–Kier alpha value is -3.64. The molecule has 0 fully saturated rings. The van der Waals surface area contributed by atoms with E-state index in [-0.39, 0.29) is 12.2 Å². The topological polar surface area (TPSA) is 77.9 Å². The maximum atomic E-state index is 12.6. The molecule has 0 bridgehead atoms. The Labute approximate surface area is 174 Å². The molecule has 6 nitrogen and oxygen atoms in total. The van der Waals surface area contributed by atoms with Crippen molar-refractivity contribution in [2.75, 3.05) is 6.61 Å². The van der Waals surface area contributed by atoms with Gasteiger partial charge in [0.05, 0.1) is 6.61 Å². The number of benzene rings is 2. The van der Waals surface area contributed by atoms with E-state index in [1.807, 2.05) is 30.3 Å². The van der Waals surface area contributed by atoms with Crippen LogP contribution in [0.5, 0.6) is 11.5 Å². The Kier molecular flexibility index (Phi) is 5.50.